The standard InChI is InChI=1S/C8H9NO.Na.H2O3S2.H/c1-6-2-4-7(5-3-6)8(9)10;;1-5(2,3)4;/h2-5H,1H3,(H2,9,10);;(H2,1,2,3,4);/q;+1;;-1. The van der Waals surface area contributed by atoms with Gasteiger partial charge in [-0.2, -0.15) is 4.21 Å². The normalized spacial score (nSPS) is 9.44. The van der Waals surface area contributed by atoms with Gasteiger partial charge in [0.2, 0.25) is 5.91 Å². The van der Waals surface area contributed by atoms with Crippen LogP contribution in [0.3, 0.4) is 0 Å². The van der Waals surface area contributed by atoms with Gasteiger partial charge in [0, 0.05) is 16.8 Å². The van der Waals surface area contributed by atoms with Crippen LogP contribution in [0.25, 0.3) is 0 Å². The van der Waals surface area contributed by atoms with Gasteiger partial charge in [-0.25, -0.2) is 0 Å². The molecule has 0 heterocycles. The van der Waals surface area contributed by atoms with Crippen LogP contribution in [0.4, 0.5) is 0 Å². The maximum atomic E-state index is 10.5. The summed E-state index contributed by atoms with van der Waals surface area (Å²) >= 11 is 3.47. The summed E-state index contributed by atoms with van der Waals surface area (Å²) in [7, 11) is -3.83. The number of hydrogen-bond donors (Lipinski definition) is 3. The zero-order chi connectivity index (χ0) is 12.1. The first-order valence-electron chi connectivity index (χ1n) is 3.76. The average Bonchev–Trinajstić information content (AvgIpc) is 2.01. The number of aryl methyl sites for hydroxylation is 1. The van der Waals surface area contributed by atoms with Gasteiger partial charge in [-0.05, 0) is 19.1 Å². The van der Waals surface area contributed by atoms with Gasteiger partial charge < -0.3 is 7.16 Å². The molecular weight excluding hydrogens is 261 g/mol. The molecule has 0 bridgehead atoms. The number of carbonyl (C=O) groups is 1. The van der Waals surface area contributed by atoms with Crippen LogP contribution in [0.2, 0.25) is 0 Å². The Balaban J connectivity index is -0.000000247. The fraction of sp³-hybridized carbons (Fsp3) is 0.125. The molecule has 0 aliphatic carbocycles. The molecule has 0 aromatic heterocycles. The van der Waals surface area contributed by atoms with Gasteiger partial charge in [-0.1, -0.05) is 17.7 Å². The molecule has 8 heteroatoms. The molecule has 1 amide bonds. The molecule has 16 heavy (non-hydrogen) atoms. The summed E-state index contributed by atoms with van der Waals surface area (Å²) in [5, 5.41) is 0. The summed E-state index contributed by atoms with van der Waals surface area (Å²) in [6, 6.07) is 7.16. The third-order valence-corrected chi connectivity index (χ3v) is 1.34. The molecule has 0 saturated heterocycles. The number of carbonyl (C=O) groups excluding carboxylic acids is 1. The van der Waals surface area contributed by atoms with E-state index >= 15 is 0 Å². The average molecular weight is 273 g/mol. The van der Waals surface area contributed by atoms with E-state index in [0.717, 1.165) is 5.56 Å². The molecule has 1 rings (SSSR count). The molecule has 0 radical (unpaired) electrons. The molecule has 1 aromatic rings. The van der Waals surface area contributed by atoms with Gasteiger partial charge in [0.05, 0.1) is 0 Å². The molecule has 0 atom stereocenters. The number of nitrogens with two attached hydrogens (primary N) is 1. The monoisotopic (exact) mass is 273 g/mol. The quantitative estimate of drug-likeness (QED) is 0.508. The number of rotatable bonds is 1. The van der Waals surface area contributed by atoms with Crippen molar-refractivity contribution in [3.05, 3.63) is 35.4 Å². The smallest absolute Gasteiger partial charge is 1.00 e. The van der Waals surface area contributed by atoms with Gasteiger partial charge in [0.25, 0.3) is 9.05 Å². The Morgan fingerprint density at radius 2 is 1.69 bits per heavy atom. The van der Waals surface area contributed by atoms with E-state index in [0.29, 0.717) is 5.56 Å². The van der Waals surface area contributed by atoms with Crippen LogP contribution in [0.1, 0.15) is 17.3 Å². The second kappa shape index (κ2) is 8.13. The zero-order valence-electron chi connectivity index (χ0n) is 9.91. The molecular formula is C8H12NNaO4S2. The third-order valence-electron chi connectivity index (χ3n) is 1.34. The zero-order valence-corrected chi connectivity index (χ0v) is 12.5. The summed E-state index contributed by atoms with van der Waals surface area (Å²) in [5.74, 6) is -0.375. The fourth-order valence-electron chi connectivity index (χ4n) is 0.718. The van der Waals surface area contributed by atoms with Crippen LogP contribution in [-0.4, -0.2) is 19.2 Å². The maximum Gasteiger partial charge on any atom is 1.00 e. The molecule has 0 saturated carbocycles. The van der Waals surface area contributed by atoms with Crippen LogP contribution in [0, 0.1) is 6.92 Å². The van der Waals surface area contributed by atoms with Crippen LogP contribution in [-0.2, 0) is 20.2 Å². The van der Waals surface area contributed by atoms with Gasteiger partial charge in [0.1, 0.15) is 0 Å². The Kier molecular flexibility index (Phi) is 9.32. The summed E-state index contributed by atoms with van der Waals surface area (Å²) < 4.78 is 24.0. The second-order valence-corrected chi connectivity index (χ2v) is 4.88. The molecule has 5 nitrogen and oxygen atoms in total. The Hall–Kier alpha value is -0.0200. The van der Waals surface area contributed by atoms with Crippen LogP contribution in [0.5, 0.6) is 0 Å². The van der Waals surface area contributed by atoms with Crippen molar-refractivity contribution in [3.63, 3.8) is 0 Å². The van der Waals surface area contributed by atoms with Crippen LogP contribution < -0.4 is 35.3 Å². The summed E-state index contributed by atoms with van der Waals surface area (Å²) in [5.41, 5.74) is 6.72. The Morgan fingerprint density at radius 1 is 1.38 bits per heavy atom. The minimum absolute atomic E-state index is 0. The largest absolute Gasteiger partial charge is 1.00 e. The minimum Gasteiger partial charge on any atom is -1.00 e. The van der Waals surface area contributed by atoms with Crippen molar-refractivity contribution in [3.8, 4) is 0 Å². The van der Waals surface area contributed by atoms with Crippen molar-refractivity contribution in [2.75, 3.05) is 0 Å². The van der Waals surface area contributed by atoms with Crippen molar-refractivity contribution >= 4 is 26.1 Å². The third kappa shape index (κ3) is 12.1. The molecule has 0 aliphatic heterocycles. The predicted octanol–water partition coefficient (Wildman–Crippen LogP) is -2.11. The molecule has 86 valence electrons. The van der Waals surface area contributed by atoms with E-state index in [9.17, 15) is 4.79 Å². The van der Waals surface area contributed by atoms with Crippen molar-refractivity contribution in [2.24, 2.45) is 5.73 Å². The van der Waals surface area contributed by atoms with Crippen molar-refractivity contribution < 1.29 is 49.1 Å². The minimum atomic E-state index is -3.83. The second-order valence-electron chi connectivity index (χ2n) is 2.68. The van der Waals surface area contributed by atoms with Gasteiger partial charge in [-0.15, -0.1) is 0 Å². The van der Waals surface area contributed by atoms with Gasteiger partial charge in [0.15, 0.2) is 0 Å². The summed E-state index contributed by atoms with van der Waals surface area (Å²) in [6.07, 6.45) is 0. The number of benzene rings is 1. The first kappa shape index (κ1) is 18.3. The molecule has 0 spiro atoms. The van der Waals surface area contributed by atoms with E-state index in [1.165, 1.54) is 0 Å². The maximum absolute atomic E-state index is 10.5. The van der Waals surface area contributed by atoms with Gasteiger partial charge >= 0.3 is 29.6 Å². The van der Waals surface area contributed by atoms with Gasteiger partial charge in [-0.3, -0.25) is 13.9 Å². The van der Waals surface area contributed by atoms with Crippen LogP contribution >= 0.6 is 0 Å². The summed E-state index contributed by atoms with van der Waals surface area (Å²) in [6.45, 7) is 1.96. The van der Waals surface area contributed by atoms with Crippen LogP contribution in [0.15, 0.2) is 24.3 Å². The first-order valence-corrected chi connectivity index (χ1v) is 6.16. The van der Waals surface area contributed by atoms with Crippen molar-refractivity contribution in [2.45, 2.75) is 6.92 Å². The number of amides is 1. The van der Waals surface area contributed by atoms with E-state index in [1.807, 2.05) is 19.1 Å². The number of hydrogen-bond acceptors (Lipinski definition) is 3. The molecule has 1 aromatic carbocycles. The predicted molar refractivity (Wildman–Crippen MR) is 61.6 cm³/mol. The van der Waals surface area contributed by atoms with E-state index in [1.54, 1.807) is 12.1 Å². The van der Waals surface area contributed by atoms with E-state index in [2.05, 4.69) is 11.2 Å². The fourth-order valence-corrected chi connectivity index (χ4v) is 0.718. The molecule has 0 aliphatic rings. The molecule has 4 N–H and O–H groups in total. The van der Waals surface area contributed by atoms with Crippen molar-refractivity contribution in [1.82, 2.24) is 0 Å². The van der Waals surface area contributed by atoms with E-state index in [4.69, 9.17) is 19.0 Å². The van der Waals surface area contributed by atoms with E-state index < -0.39 is 9.05 Å². The topological polar surface area (TPSA) is 101 Å². The first-order chi connectivity index (χ1) is 6.70. The Labute approximate surface area is 123 Å². The molecule has 0 unspecified atom stereocenters. The number of primary amides is 1. The molecule has 0 fully saturated rings. The summed E-state index contributed by atoms with van der Waals surface area (Å²) in [4.78, 5) is 10.5. The Bertz CT molecular complexity index is 427. The SMILES string of the molecule is Cc1ccc(C(N)=O)cc1.O=S(O)(O)=S.[H-].[Na+]. The van der Waals surface area contributed by atoms with Crippen molar-refractivity contribution in [1.29, 1.82) is 0 Å². The van der Waals surface area contributed by atoms with E-state index in [-0.39, 0.29) is 36.9 Å². The Morgan fingerprint density at radius 3 is 1.94 bits per heavy atom.